The lowest BCUT2D eigenvalue weighted by Crippen LogP contribution is -2.31. The van der Waals surface area contributed by atoms with Crippen LogP contribution in [0.1, 0.15) is 24.0 Å². The Morgan fingerprint density at radius 2 is 1.45 bits per heavy atom. The fourth-order valence-corrected chi connectivity index (χ4v) is 2.35. The molecule has 0 spiro atoms. The summed E-state index contributed by atoms with van der Waals surface area (Å²) in [5, 5.41) is 9.47. The maximum absolute atomic E-state index is 11.6. The quantitative estimate of drug-likeness (QED) is 0.876. The molecule has 3 heteroatoms. The van der Waals surface area contributed by atoms with E-state index in [2.05, 4.69) is 0 Å². The van der Waals surface area contributed by atoms with Gasteiger partial charge in [-0.25, -0.2) is 4.79 Å². The van der Waals surface area contributed by atoms with Crippen LogP contribution in [0.4, 0.5) is 0 Å². The molecule has 1 atom stereocenters. The molecule has 0 aliphatic heterocycles. The average molecular weight is 270 g/mol. The first-order valence-corrected chi connectivity index (χ1v) is 6.68. The molecule has 2 rings (SSSR count). The van der Waals surface area contributed by atoms with Gasteiger partial charge in [-0.15, -0.1) is 0 Å². The summed E-state index contributed by atoms with van der Waals surface area (Å²) in [6, 6.07) is 19.2. The zero-order valence-electron chi connectivity index (χ0n) is 11.4. The molecule has 2 aromatic rings. The van der Waals surface area contributed by atoms with Crippen molar-refractivity contribution in [3.63, 3.8) is 0 Å². The van der Waals surface area contributed by atoms with Crippen molar-refractivity contribution in [2.75, 3.05) is 6.61 Å². The molecule has 104 valence electrons. The molecule has 0 aliphatic carbocycles. The third kappa shape index (κ3) is 3.25. The van der Waals surface area contributed by atoms with Crippen LogP contribution in [0.2, 0.25) is 0 Å². The summed E-state index contributed by atoms with van der Waals surface area (Å²) in [5.41, 5.74) is 1.89. The summed E-state index contributed by atoms with van der Waals surface area (Å²) in [5.74, 6) is -1.25. The second-order valence-corrected chi connectivity index (χ2v) is 4.51. The van der Waals surface area contributed by atoms with Crippen molar-refractivity contribution in [3.8, 4) is 0 Å². The SMILES string of the molecule is CCOC(C(=O)O)C(c1ccccc1)c1ccccc1. The summed E-state index contributed by atoms with van der Waals surface area (Å²) in [6.07, 6.45) is -0.884. The van der Waals surface area contributed by atoms with E-state index in [1.165, 1.54) is 0 Å². The van der Waals surface area contributed by atoms with E-state index in [9.17, 15) is 9.90 Å². The van der Waals surface area contributed by atoms with E-state index in [0.717, 1.165) is 11.1 Å². The van der Waals surface area contributed by atoms with Crippen LogP contribution in [0.3, 0.4) is 0 Å². The number of aliphatic carboxylic acids is 1. The summed E-state index contributed by atoms with van der Waals surface area (Å²) >= 11 is 0. The van der Waals surface area contributed by atoms with E-state index in [0.29, 0.717) is 6.61 Å². The lowest BCUT2D eigenvalue weighted by atomic mass is 9.86. The summed E-state index contributed by atoms with van der Waals surface area (Å²) in [4.78, 5) is 11.6. The van der Waals surface area contributed by atoms with Crippen LogP contribution in [-0.4, -0.2) is 23.8 Å². The van der Waals surface area contributed by atoms with E-state index >= 15 is 0 Å². The van der Waals surface area contributed by atoms with Gasteiger partial charge in [-0.2, -0.15) is 0 Å². The second-order valence-electron chi connectivity index (χ2n) is 4.51. The van der Waals surface area contributed by atoms with Gasteiger partial charge in [0.15, 0.2) is 6.10 Å². The summed E-state index contributed by atoms with van der Waals surface area (Å²) in [7, 11) is 0. The molecular formula is C17H18O3. The van der Waals surface area contributed by atoms with Crippen molar-refractivity contribution in [2.45, 2.75) is 18.9 Å². The first kappa shape index (κ1) is 14.3. The predicted octanol–water partition coefficient (Wildman–Crippen LogP) is 3.31. The van der Waals surface area contributed by atoms with Crippen molar-refractivity contribution in [1.82, 2.24) is 0 Å². The first-order valence-electron chi connectivity index (χ1n) is 6.68. The van der Waals surface area contributed by atoms with Gasteiger partial charge in [-0.1, -0.05) is 60.7 Å². The maximum atomic E-state index is 11.6. The lowest BCUT2D eigenvalue weighted by Gasteiger charge is -2.24. The zero-order chi connectivity index (χ0) is 14.4. The molecule has 0 heterocycles. The molecule has 2 aromatic carbocycles. The summed E-state index contributed by atoms with van der Waals surface area (Å²) in [6.45, 7) is 2.18. The molecular weight excluding hydrogens is 252 g/mol. The van der Waals surface area contributed by atoms with Crippen LogP contribution in [0.5, 0.6) is 0 Å². The highest BCUT2D eigenvalue weighted by Crippen LogP contribution is 2.30. The Bertz CT molecular complexity index is 497. The fourth-order valence-electron chi connectivity index (χ4n) is 2.35. The molecule has 0 fully saturated rings. The Balaban J connectivity index is 2.46. The standard InChI is InChI=1S/C17H18O3/c1-2-20-16(17(18)19)15(13-9-5-3-6-10-13)14-11-7-4-8-12-14/h3-12,15-16H,2H2,1H3,(H,18,19). The van der Waals surface area contributed by atoms with Gasteiger partial charge in [0.25, 0.3) is 0 Å². The van der Waals surface area contributed by atoms with Crippen LogP contribution in [-0.2, 0) is 9.53 Å². The van der Waals surface area contributed by atoms with Crippen molar-refractivity contribution in [2.24, 2.45) is 0 Å². The van der Waals surface area contributed by atoms with Gasteiger partial charge in [0.2, 0.25) is 0 Å². The smallest absolute Gasteiger partial charge is 0.333 e. The Morgan fingerprint density at radius 1 is 1.00 bits per heavy atom. The highest BCUT2D eigenvalue weighted by molar-refractivity contribution is 5.75. The molecule has 0 bridgehead atoms. The van der Waals surface area contributed by atoms with E-state index in [-0.39, 0.29) is 5.92 Å². The molecule has 3 nitrogen and oxygen atoms in total. The van der Waals surface area contributed by atoms with E-state index < -0.39 is 12.1 Å². The van der Waals surface area contributed by atoms with Gasteiger partial charge in [0, 0.05) is 12.5 Å². The van der Waals surface area contributed by atoms with Crippen molar-refractivity contribution >= 4 is 5.97 Å². The number of carbonyl (C=O) groups is 1. The monoisotopic (exact) mass is 270 g/mol. The minimum atomic E-state index is -0.940. The number of hydrogen-bond acceptors (Lipinski definition) is 2. The number of carboxylic acid groups (broad SMARTS) is 1. The van der Waals surface area contributed by atoms with Crippen LogP contribution < -0.4 is 0 Å². The molecule has 20 heavy (non-hydrogen) atoms. The van der Waals surface area contributed by atoms with Crippen LogP contribution >= 0.6 is 0 Å². The van der Waals surface area contributed by atoms with E-state index in [4.69, 9.17) is 4.74 Å². The minimum absolute atomic E-state index is 0.310. The van der Waals surface area contributed by atoms with Gasteiger partial charge in [0.1, 0.15) is 0 Å². The molecule has 0 aliphatic rings. The Kier molecular flexibility index (Phi) is 4.91. The Labute approximate surface area is 118 Å². The van der Waals surface area contributed by atoms with Crippen LogP contribution in [0, 0.1) is 0 Å². The largest absolute Gasteiger partial charge is 0.479 e. The van der Waals surface area contributed by atoms with Crippen molar-refractivity contribution in [3.05, 3.63) is 71.8 Å². The van der Waals surface area contributed by atoms with Gasteiger partial charge >= 0.3 is 5.97 Å². The number of rotatable bonds is 6. The predicted molar refractivity (Wildman–Crippen MR) is 77.8 cm³/mol. The number of carboxylic acids is 1. The van der Waals surface area contributed by atoms with Crippen molar-refractivity contribution < 1.29 is 14.6 Å². The Morgan fingerprint density at radius 3 is 1.80 bits per heavy atom. The number of ether oxygens (including phenoxy) is 1. The lowest BCUT2D eigenvalue weighted by molar-refractivity contribution is -0.151. The Hall–Kier alpha value is -2.13. The van der Waals surface area contributed by atoms with Crippen molar-refractivity contribution in [1.29, 1.82) is 0 Å². The van der Waals surface area contributed by atoms with Gasteiger partial charge < -0.3 is 9.84 Å². The van der Waals surface area contributed by atoms with Crippen LogP contribution in [0.25, 0.3) is 0 Å². The number of hydrogen-bond donors (Lipinski definition) is 1. The third-order valence-corrected chi connectivity index (χ3v) is 3.21. The third-order valence-electron chi connectivity index (χ3n) is 3.21. The molecule has 0 saturated heterocycles. The highest BCUT2D eigenvalue weighted by Gasteiger charge is 2.31. The molecule has 1 N–H and O–H groups in total. The zero-order valence-corrected chi connectivity index (χ0v) is 11.4. The molecule has 0 saturated carbocycles. The van der Waals surface area contributed by atoms with Crippen LogP contribution in [0.15, 0.2) is 60.7 Å². The molecule has 0 aromatic heterocycles. The second kappa shape index (κ2) is 6.87. The molecule has 0 radical (unpaired) electrons. The summed E-state index contributed by atoms with van der Waals surface area (Å²) < 4.78 is 5.47. The first-order chi connectivity index (χ1) is 9.74. The van der Waals surface area contributed by atoms with Gasteiger partial charge in [-0.05, 0) is 18.1 Å². The minimum Gasteiger partial charge on any atom is -0.479 e. The van der Waals surface area contributed by atoms with E-state index in [1.54, 1.807) is 0 Å². The van der Waals surface area contributed by atoms with Gasteiger partial charge in [0.05, 0.1) is 0 Å². The topological polar surface area (TPSA) is 46.5 Å². The van der Waals surface area contributed by atoms with E-state index in [1.807, 2.05) is 67.6 Å². The molecule has 0 amide bonds. The highest BCUT2D eigenvalue weighted by atomic mass is 16.5. The fraction of sp³-hybridized carbons (Fsp3) is 0.235. The normalized spacial score (nSPS) is 12.3. The maximum Gasteiger partial charge on any atom is 0.333 e. The van der Waals surface area contributed by atoms with Gasteiger partial charge in [-0.3, -0.25) is 0 Å². The molecule has 1 unspecified atom stereocenters. The number of benzene rings is 2. The average Bonchev–Trinajstić information content (AvgIpc) is 2.49.